The third-order valence-corrected chi connectivity index (χ3v) is 10.8. The second-order valence-corrected chi connectivity index (χ2v) is 12.6. The van der Waals surface area contributed by atoms with Crippen LogP contribution in [0.2, 0.25) is 0 Å². The number of ether oxygens (including phenoxy) is 4. The fraction of sp³-hybridized carbons (Fsp3) is 0.412. The van der Waals surface area contributed by atoms with E-state index in [2.05, 4.69) is 0 Å². The van der Waals surface area contributed by atoms with E-state index in [0.717, 1.165) is 11.1 Å². The van der Waals surface area contributed by atoms with Crippen molar-refractivity contribution in [2.24, 2.45) is 35.0 Å². The second-order valence-electron chi connectivity index (χ2n) is 12.6. The van der Waals surface area contributed by atoms with E-state index in [4.69, 9.17) is 18.9 Å². The van der Waals surface area contributed by atoms with Gasteiger partial charge < -0.3 is 18.9 Å². The van der Waals surface area contributed by atoms with E-state index in [1.807, 2.05) is 66.7 Å². The molecule has 10 rings (SSSR count). The molecule has 0 aromatic heterocycles. The molecule has 4 aliphatic heterocycles. The van der Waals surface area contributed by atoms with E-state index in [1.165, 1.54) is 0 Å². The van der Waals surface area contributed by atoms with Gasteiger partial charge in [-0.1, -0.05) is 60.7 Å². The van der Waals surface area contributed by atoms with Crippen molar-refractivity contribution < 1.29 is 38.1 Å². The molecule has 2 bridgehead atoms. The third-order valence-electron chi connectivity index (χ3n) is 10.8. The summed E-state index contributed by atoms with van der Waals surface area (Å²) in [5, 5.41) is 0. The minimum absolute atomic E-state index is 0.0530. The maximum Gasteiger partial charge on any atom is 0.306 e. The summed E-state index contributed by atoms with van der Waals surface area (Å²) in [5.74, 6) is -2.11. The number of ketones is 2. The lowest BCUT2D eigenvalue weighted by molar-refractivity contribution is -0.198. The number of fused-ring (bicyclic) bond motifs is 2. The maximum absolute atomic E-state index is 14.8. The Morgan fingerprint density at radius 3 is 2.02 bits per heavy atom. The van der Waals surface area contributed by atoms with Gasteiger partial charge in [-0.15, -0.1) is 0 Å². The van der Waals surface area contributed by atoms with Gasteiger partial charge in [0.05, 0.1) is 19.3 Å². The lowest BCUT2D eigenvalue weighted by Gasteiger charge is -2.63. The number of carbonyl (C=O) groups excluding carboxylic acids is 4. The SMILES string of the molecule is O=C1C[C@@H]2C3=C(O[C@@H](c4ccccc4)CC3=O)[C@@H]3[C@@H]([C@@H]4C=C5O[C@@H](c6ccccc6)CC(=O)[C@@]53[C@H]3CC(=O)O[C@@H]43)[C@@H]2O1. The zero-order valence-electron chi connectivity index (χ0n) is 22.6. The lowest BCUT2D eigenvalue weighted by atomic mass is 9.41. The van der Waals surface area contributed by atoms with Crippen LogP contribution in [0.25, 0.3) is 0 Å². The molecule has 4 heterocycles. The smallest absolute Gasteiger partial charge is 0.306 e. The Bertz CT molecular complexity index is 1630. The van der Waals surface area contributed by atoms with Gasteiger partial charge >= 0.3 is 11.9 Å². The zero-order chi connectivity index (χ0) is 28.3. The van der Waals surface area contributed by atoms with Crippen LogP contribution in [0.4, 0.5) is 0 Å². The second kappa shape index (κ2) is 8.43. The van der Waals surface area contributed by atoms with Crippen LogP contribution in [0.1, 0.15) is 49.0 Å². The molecule has 0 amide bonds. The van der Waals surface area contributed by atoms with Crippen LogP contribution in [0, 0.1) is 35.0 Å². The number of hydrogen-bond donors (Lipinski definition) is 0. The van der Waals surface area contributed by atoms with E-state index in [1.54, 1.807) is 0 Å². The van der Waals surface area contributed by atoms with Crippen molar-refractivity contribution in [3.05, 3.63) is 95.0 Å². The predicted molar refractivity (Wildman–Crippen MR) is 144 cm³/mol. The Balaban J connectivity index is 1.25. The highest BCUT2D eigenvalue weighted by atomic mass is 16.6. The first-order valence-corrected chi connectivity index (χ1v) is 14.8. The predicted octanol–water partition coefficient (Wildman–Crippen LogP) is 4.33. The minimum Gasteiger partial charge on any atom is -0.489 e. The summed E-state index contributed by atoms with van der Waals surface area (Å²) in [7, 11) is 0. The topological polar surface area (TPSA) is 105 Å². The van der Waals surface area contributed by atoms with Crippen molar-refractivity contribution in [3.8, 4) is 0 Å². The van der Waals surface area contributed by atoms with Gasteiger partial charge in [-0.25, -0.2) is 0 Å². The molecule has 8 nitrogen and oxygen atoms in total. The Kier molecular flexibility index (Phi) is 4.90. The third kappa shape index (κ3) is 3.02. The Morgan fingerprint density at radius 2 is 1.31 bits per heavy atom. The first-order valence-electron chi connectivity index (χ1n) is 14.8. The largest absolute Gasteiger partial charge is 0.489 e. The molecular weight excluding hydrogens is 536 g/mol. The van der Waals surface area contributed by atoms with Crippen molar-refractivity contribution in [1.82, 2.24) is 0 Å². The van der Waals surface area contributed by atoms with Crippen LogP contribution in [-0.2, 0) is 38.1 Å². The number of allylic oxidation sites excluding steroid dienone is 2. The van der Waals surface area contributed by atoms with Crippen molar-refractivity contribution in [2.75, 3.05) is 0 Å². The average Bonchev–Trinajstić information content (AvgIpc) is 3.60. The molecule has 8 heteroatoms. The number of benzene rings is 2. The monoisotopic (exact) mass is 564 g/mol. The van der Waals surface area contributed by atoms with Gasteiger partial charge in [0, 0.05) is 41.6 Å². The van der Waals surface area contributed by atoms with Gasteiger partial charge in [-0.05, 0) is 17.2 Å². The molecule has 2 aromatic rings. The highest BCUT2D eigenvalue weighted by Gasteiger charge is 2.77. The number of rotatable bonds is 2. The maximum atomic E-state index is 14.8. The van der Waals surface area contributed by atoms with Gasteiger partial charge in [-0.2, -0.15) is 0 Å². The first kappa shape index (κ1) is 24.4. The molecule has 0 N–H and O–H groups in total. The summed E-state index contributed by atoms with van der Waals surface area (Å²) < 4.78 is 25.4. The van der Waals surface area contributed by atoms with Crippen LogP contribution in [0.3, 0.4) is 0 Å². The molecule has 1 saturated carbocycles. The van der Waals surface area contributed by atoms with Gasteiger partial charge in [0.25, 0.3) is 0 Å². The molecule has 2 aromatic carbocycles. The Labute approximate surface area is 241 Å². The summed E-state index contributed by atoms with van der Waals surface area (Å²) in [5.41, 5.74) is 0.981. The Hall–Kier alpha value is -4.20. The molecule has 0 radical (unpaired) electrons. The van der Waals surface area contributed by atoms with Gasteiger partial charge in [0.2, 0.25) is 0 Å². The molecular formula is C34H28O8. The van der Waals surface area contributed by atoms with E-state index >= 15 is 0 Å². The highest BCUT2D eigenvalue weighted by molar-refractivity contribution is 6.00. The fourth-order valence-electron chi connectivity index (χ4n) is 9.35. The summed E-state index contributed by atoms with van der Waals surface area (Å²) in [6, 6.07) is 19.3. The summed E-state index contributed by atoms with van der Waals surface area (Å²) in [4.78, 5) is 54.4. The number of Topliss-reactive ketones (excluding diaryl/α,β-unsaturated/α-hetero) is 2. The van der Waals surface area contributed by atoms with Crippen LogP contribution < -0.4 is 0 Å². The van der Waals surface area contributed by atoms with Crippen molar-refractivity contribution >= 4 is 23.5 Å². The minimum atomic E-state index is -1.26. The normalized spacial score (nSPS) is 40.9. The quantitative estimate of drug-likeness (QED) is 0.497. The van der Waals surface area contributed by atoms with Crippen molar-refractivity contribution in [1.29, 1.82) is 0 Å². The number of carbonyl (C=O) groups is 4. The molecule has 4 fully saturated rings. The molecule has 1 spiro atoms. The summed E-state index contributed by atoms with van der Waals surface area (Å²) in [6.45, 7) is 0. The fourth-order valence-corrected chi connectivity index (χ4v) is 9.35. The van der Waals surface area contributed by atoms with Crippen LogP contribution in [0.15, 0.2) is 83.8 Å². The molecule has 3 saturated heterocycles. The molecule has 212 valence electrons. The molecule has 10 atom stereocenters. The molecule has 8 aliphatic rings. The van der Waals surface area contributed by atoms with E-state index < -0.39 is 47.6 Å². The van der Waals surface area contributed by atoms with Crippen LogP contribution >= 0.6 is 0 Å². The van der Waals surface area contributed by atoms with Gasteiger partial charge in [0.1, 0.15) is 41.3 Å². The first-order chi connectivity index (χ1) is 20.4. The standard InChI is InChI=1S/C34H28O8/c35-21-14-22(16-7-3-1-4-8-16)40-33-28(21)19-12-26(37)42-32(19)29-18-11-25-34(30(29)33,20-13-27(38)41-31(18)20)24(36)15-23(39-25)17-9-5-2-6-10-17/h1-11,18-20,22-23,29-32H,12-15H2/t18-,19+,20-,22+,23+,29+,30-,31-,32+,34-/m0/s1. The molecule has 0 unspecified atom stereocenters. The van der Waals surface area contributed by atoms with Crippen molar-refractivity contribution in [3.63, 3.8) is 0 Å². The van der Waals surface area contributed by atoms with Crippen LogP contribution in [0.5, 0.6) is 0 Å². The Morgan fingerprint density at radius 1 is 0.667 bits per heavy atom. The van der Waals surface area contributed by atoms with Crippen molar-refractivity contribution in [2.45, 2.75) is 50.1 Å². The average molecular weight is 565 g/mol. The number of esters is 2. The highest BCUT2D eigenvalue weighted by Crippen LogP contribution is 2.71. The van der Waals surface area contributed by atoms with Gasteiger partial charge in [0.15, 0.2) is 11.6 Å². The lowest BCUT2D eigenvalue weighted by Crippen LogP contribution is -2.68. The zero-order valence-corrected chi connectivity index (χ0v) is 22.6. The molecule has 42 heavy (non-hydrogen) atoms. The van der Waals surface area contributed by atoms with E-state index in [0.29, 0.717) is 17.1 Å². The van der Waals surface area contributed by atoms with Crippen LogP contribution in [-0.4, -0.2) is 35.7 Å². The van der Waals surface area contributed by atoms with Gasteiger partial charge in [-0.3, -0.25) is 19.2 Å². The van der Waals surface area contributed by atoms with E-state index in [-0.39, 0.29) is 61.0 Å². The summed E-state index contributed by atoms with van der Waals surface area (Å²) in [6.07, 6.45) is 0.251. The molecule has 4 aliphatic carbocycles. The van der Waals surface area contributed by atoms with E-state index in [9.17, 15) is 19.2 Å². The number of hydrogen-bond acceptors (Lipinski definition) is 8. The summed E-state index contributed by atoms with van der Waals surface area (Å²) >= 11 is 0.